The molecule has 0 aliphatic carbocycles. The van der Waals surface area contributed by atoms with E-state index in [0.717, 1.165) is 12.8 Å². The molecule has 0 saturated heterocycles. The molecule has 0 fully saturated rings. The Morgan fingerprint density at radius 2 is 0.783 bits per heavy atom. The fourth-order valence-corrected chi connectivity index (χ4v) is 0.224. The Labute approximate surface area is 155 Å². The van der Waals surface area contributed by atoms with E-state index >= 15 is 0 Å². The third-order valence-electron chi connectivity index (χ3n) is 0.724. The van der Waals surface area contributed by atoms with Crippen molar-refractivity contribution in [1.29, 1.82) is 10.5 Å². The van der Waals surface area contributed by atoms with E-state index < -0.39 is 18.3 Å². The summed E-state index contributed by atoms with van der Waals surface area (Å²) >= 11 is 0. The molecule has 0 amide bonds. The number of hydrogen-bond acceptors (Lipinski definition) is 5. The smallest absolute Gasteiger partial charge is 0.852 e. The Balaban J connectivity index is -0.0000000390. The molecule has 0 unspecified atom stereocenters. The first-order valence-electron chi connectivity index (χ1n) is 7.74. The number of hydrogen-bond donors (Lipinski definition) is 0. The molecule has 0 aromatic heterocycles. The van der Waals surface area contributed by atoms with Crippen molar-refractivity contribution in [1.82, 2.24) is 0 Å². The summed E-state index contributed by atoms with van der Waals surface area (Å²) in [6, 6.07) is 4.03. The van der Waals surface area contributed by atoms with Gasteiger partial charge in [-0.1, -0.05) is 55.4 Å². The summed E-state index contributed by atoms with van der Waals surface area (Å²) < 4.78 is 0. The molecule has 0 saturated carbocycles. The summed E-state index contributed by atoms with van der Waals surface area (Å²) in [4.78, 5) is 0. The Morgan fingerprint density at radius 3 is 0.783 bits per heavy atom. The number of unbranched alkanes of at least 4 members (excludes halogenated alkanes) is 2. The zero-order valence-electron chi connectivity index (χ0n) is 16.3. The zero-order valence-corrected chi connectivity index (χ0v) is 17.4. The normalized spacial score (nSPS) is 7.48. The van der Waals surface area contributed by atoms with Crippen LogP contribution in [-0.4, -0.2) is 35.7 Å². The van der Waals surface area contributed by atoms with Gasteiger partial charge in [-0.25, -0.2) is 0 Å². The van der Waals surface area contributed by atoms with Gasteiger partial charge in [-0.2, -0.15) is 10.5 Å². The Hall–Kier alpha value is -0.608. The van der Waals surface area contributed by atoms with Crippen LogP contribution in [-0.2, 0) is 0 Å². The summed E-state index contributed by atoms with van der Waals surface area (Å²) in [6.45, 7) is 13.6. The van der Waals surface area contributed by atoms with Crippen molar-refractivity contribution >= 4 is 17.4 Å². The first-order valence-corrected chi connectivity index (χ1v) is 7.74. The molecule has 0 aliphatic heterocycles. The molecule has 0 heterocycles. The Morgan fingerprint density at radius 1 is 0.652 bits per heavy atom. The molecule has 0 aliphatic rings. The average Bonchev–Trinajstić information content (AvgIpc) is 2.29. The fraction of sp³-hybridized carbons (Fsp3) is 0.882. The van der Waals surface area contributed by atoms with Gasteiger partial charge < -0.3 is 15.3 Å². The van der Waals surface area contributed by atoms with Crippen LogP contribution in [0.2, 0.25) is 0 Å². The van der Waals surface area contributed by atoms with E-state index in [9.17, 15) is 15.3 Å². The van der Waals surface area contributed by atoms with Crippen LogP contribution in [0.1, 0.15) is 81.1 Å². The molecule has 0 bridgehead atoms. The molecule has 0 N–H and O–H groups in total. The van der Waals surface area contributed by atoms with Crippen molar-refractivity contribution < 1.29 is 15.3 Å². The largest absolute Gasteiger partial charge is 3.00 e. The van der Waals surface area contributed by atoms with Gasteiger partial charge in [-0.15, -0.1) is 18.3 Å². The summed E-state index contributed by atoms with van der Waals surface area (Å²) in [7, 11) is 0. The van der Waals surface area contributed by atoms with Crippen LogP contribution in [0.25, 0.3) is 0 Å². The average molecular weight is 342 g/mol. The van der Waals surface area contributed by atoms with E-state index in [1.54, 1.807) is 41.5 Å². The summed E-state index contributed by atoms with van der Waals surface area (Å²) in [5, 5.41) is 44.2. The molecule has 0 rings (SSSR count). The zero-order chi connectivity index (χ0) is 19.0. The SMILES string of the molecule is CC(C)[O-].CC(C)[O-].CC(C)[O-].CCCC#N.CCCC#N.[Al+3]. The topological polar surface area (TPSA) is 117 Å². The second kappa shape index (κ2) is 42.9. The standard InChI is InChI=1S/2C4H7N.3C3H7O.Al/c2*1-2-3-4-5;3*1-3(2)4;/h2*2-3H2,1H3;3*3H,1-2H3;/q;;3*-1;+3. The molecule has 0 aromatic carbocycles. The summed E-state index contributed by atoms with van der Waals surface area (Å²) in [5.74, 6) is 0. The van der Waals surface area contributed by atoms with Crippen LogP contribution in [0.15, 0.2) is 0 Å². The molecule has 0 radical (unpaired) electrons. The van der Waals surface area contributed by atoms with E-state index in [2.05, 4.69) is 0 Å². The third kappa shape index (κ3) is 699. The second-order valence-electron chi connectivity index (χ2n) is 4.96. The molecule has 6 heteroatoms. The van der Waals surface area contributed by atoms with Crippen LogP contribution in [0.4, 0.5) is 0 Å². The number of nitriles is 2. The van der Waals surface area contributed by atoms with Gasteiger partial charge in [0.25, 0.3) is 0 Å². The van der Waals surface area contributed by atoms with E-state index in [0.29, 0.717) is 12.8 Å². The van der Waals surface area contributed by atoms with Crippen LogP contribution in [0.5, 0.6) is 0 Å². The van der Waals surface area contributed by atoms with Gasteiger partial charge >= 0.3 is 17.4 Å². The predicted octanol–water partition coefficient (Wildman–Crippen LogP) is 1.50. The predicted molar refractivity (Wildman–Crippen MR) is 92.2 cm³/mol. The van der Waals surface area contributed by atoms with Gasteiger partial charge in [-0.05, 0) is 12.8 Å². The molecular weight excluding hydrogens is 307 g/mol. The first kappa shape index (κ1) is 38.1. The molecule has 0 atom stereocenters. The van der Waals surface area contributed by atoms with E-state index in [1.165, 1.54) is 0 Å². The fourth-order valence-electron chi connectivity index (χ4n) is 0.224. The van der Waals surface area contributed by atoms with Crippen molar-refractivity contribution in [2.24, 2.45) is 0 Å². The minimum Gasteiger partial charge on any atom is -0.852 e. The minimum atomic E-state index is -0.417. The van der Waals surface area contributed by atoms with Crippen molar-refractivity contribution in [3.63, 3.8) is 0 Å². The van der Waals surface area contributed by atoms with Crippen molar-refractivity contribution in [2.45, 2.75) is 99.4 Å². The van der Waals surface area contributed by atoms with Gasteiger partial charge in [-0.3, -0.25) is 0 Å². The van der Waals surface area contributed by atoms with E-state index in [-0.39, 0.29) is 17.4 Å². The Kier molecular flexibility index (Phi) is 71.2. The van der Waals surface area contributed by atoms with Gasteiger partial charge in [0, 0.05) is 12.8 Å². The van der Waals surface area contributed by atoms with Crippen LogP contribution < -0.4 is 15.3 Å². The molecule has 134 valence electrons. The van der Waals surface area contributed by atoms with Crippen LogP contribution >= 0.6 is 0 Å². The molecule has 23 heavy (non-hydrogen) atoms. The van der Waals surface area contributed by atoms with Gasteiger partial charge in [0.05, 0.1) is 12.1 Å². The van der Waals surface area contributed by atoms with Crippen molar-refractivity contribution in [3.8, 4) is 12.1 Å². The maximum atomic E-state index is 9.53. The van der Waals surface area contributed by atoms with Gasteiger partial charge in [0.15, 0.2) is 0 Å². The van der Waals surface area contributed by atoms with Crippen molar-refractivity contribution in [2.75, 3.05) is 0 Å². The van der Waals surface area contributed by atoms with Crippen molar-refractivity contribution in [3.05, 3.63) is 0 Å². The first-order chi connectivity index (χ1) is 10.0. The summed E-state index contributed by atoms with van der Waals surface area (Å²) in [5.41, 5.74) is 0. The van der Waals surface area contributed by atoms with Gasteiger partial charge in [0.1, 0.15) is 0 Å². The summed E-state index contributed by atoms with van der Waals surface area (Å²) in [6.07, 6.45) is 2.10. The molecular formula is C17H35AlN2O3. The van der Waals surface area contributed by atoms with Gasteiger partial charge in [0.2, 0.25) is 0 Å². The molecule has 0 aromatic rings. The minimum absolute atomic E-state index is 0. The number of rotatable bonds is 2. The Bertz CT molecular complexity index is 196. The molecule has 0 spiro atoms. The quantitative estimate of drug-likeness (QED) is 0.705. The number of nitrogens with zero attached hydrogens (tertiary/aromatic N) is 2. The third-order valence-corrected chi connectivity index (χ3v) is 0.724. The van der Waals surface area contributed by atoms with E-state index in [1.807, 2.05) is 26.0 Å². The van der Waals surface area contributed by atoms with Crippen LogP contribution in [0.3, 0.4) is 0 Å². The monoisotopic (exact) mass is 342 g/mol. The molecule has 5 nitrogen and oxygen atoms in total. The maximum absolute atomic E-state index is 9.53. The van der Waals surface area contributed by atoms with Crippen LogP contribution in [0, 0.1) is 22.7 Å². The maximum Gasteiger partial charge on any atom is 3.00 e. The van der Waals surface area contributed by atoms with E-state index in [4.69, 9.17) is 10.5 Å². The second-order valence-corrected chi connectivity index (χ2v) is 4.96.